The Morgan fingerprint density at radius 2 is 1.61 bits per heavy atom. The first-order valence-electron chi connectivity index (χ1n) is 20.4. The third-order valence-electron chi connectivity index (χ3n) is 10.1. The summed E-state index contributed by atoms with van der Waals surface area (Å²) in [5.74, 6) is 0.517. The van der Waals surface area contributed by atoms with Crippen LogP contribution in [-0.2, 0) is 23.1 Å². The summed E-state index contributed by atoms with van der Waals surface area (Å²) in [6.45, 7) is 1.67. The Balaban J connectivity index is 1.21. The number of anilines is 1. The minimum Gasteiger partial charge on any atom is -0.484 e. The summed E-state index contributed by atoms with van der Waals surface area (Å²) < 4.78 is 43.3. The molecule has 1 aliphatic rings. The molecule has 4 rings (SSSR count). The lowest BCUT2D eigenvalue weighted by molar-refractivity contribution is -0.0644. The van der Waals surface area contributed by atoms with Gasteiger partial charge in [-0.2, -0.15) is 10.4 Å². The highest BCUT2D eigenvalue weighted by Crippen LogP contribution is 2.47. The van der Waals surface area contributed by atoms with Crippen LogP contribution in [0, 0.1) is 11.3 Å². The average molecular weight is 816 g/mol. The zero-order valence-electron chi connectivity index (χ0n) is 33.5. The third-order valence-corrected chi connectivity index (χ3v) is 11.0. The van der Waals surface area contributed by atoms with Gasteiger partial charge in [-0.25, -0.2) is 19.0 Å². The number of ether oxygens (including phenoxy) is 3. The predicted octanol–water partition coefficient (Wildman–Crippen LogP) is 6.67. The molecule has 0 bridgehead atoms. The molecule has 0 amide bonds. The van der Waals surface area contributed by atoms with Gasteiger partial charge in [0.25, 0.3) is 0 Å². The molecule has 17 heteroatoms. The number of aliphatic hydroxyl groups is 2. The number of aliphatic hydroxyl groups excluding tert-OH is 2. The molecule has 316 valence electrons. The number of hydrogen-bond acceptors (Lipinski definition) is 14. The van der Waals surface area contributed by atoms with Crippen LogP contribution in [0.25, 0.3) is 5.52 Å². The fourth-order valence-corrected chi connectivity index (χ4v) is 7.72. The number of rotatable bonds is 29. The largest absolute Gasteiger partial charge is 0.484 e. The van der Waals surface area contributed by atoms with E-state index in [2.05, 4.69) is 27.0 Å². The van der Waals surface area contributed by atoms with Crippen LogP contribution in [-0.4, -0.2) is 98.3 Å². The number of nitrogens with zero attached hydrogens (tertiary/aromatic N) is 6. The van der Waals surface area contributed by atoms with Crippen LogP contribution in [0.15, 0.2) is 41.8 Å². The highest BCUT2D eigenvalue weighted by Gasteiger charge is 2.55. The van der Waals surface area contributed by atoms with E-state index in [1.54, 1.807) is 18.2 Å². The monoisotopic (exact) mass is 815 g/mol. The summed E-state index contributed by atoms with van der Waals surface area (Å²) in [7, 11) is -3.38. The molecule has 0 radical (unpaired) electrons. The summed E-state index contributed by atoms with van der Waals surface area (Å²) in [5.41, 5.74) is 5.15. The molecule has 0 saturated carbocycles. The quantitative estimate of drug-likeness (QED) is 0.0326. The van der Waals surface area contributed by atoms with Crippen molar-refractivity contribution in [3.8, 4) is 11.8 Å². The van der Waals surface area contributed by atoms with E-state index in [-0.39, 0.29) is 18.1 Å². The molecule has 1 saturated heterocycles. The molecule has 0 aromatic carbocycles. The second kappa shape index (κ2) is 24.4. The first-order valence-corrected chi connectivity index (χ1v) is 21.9. The maximum Gasteiger partial charge on any atom is 0.472 e. The highest BCUT2D eigenvalue weighted by molar-refractivity contribution is 7.47. The van der Waals surface area contributed by atoms with Gasteiger partial charge in [0, 0.05) is 19.9 Å². The van der Waals surface area contributed by atoms with Gasteiger partial charge in [-0.05, 0) is 30.7 Å². The Hall–Kier alpha value is -3.52. The van der Waals surface area contributed by atoms with Crippen molar-refractivity contribution in [3.63, 3.8) is 0 Å². The second-order valence-electron chi connectivity index (χ2n) is 14.7. The Labute approximate surface area is 336 Å². The number of hydrogen-bond donors (Lipinski definition) is 4. The molecule has 3 aromatic heterocycles. The van der Waals surface area contributed by atoms with E-state index in [4.69, 9.17) is 34.3 Å². The van der Waals surface area contributed by atoms with Crippen molar-refractivity contribution in [1.29, 1.82) is 5.26 Å². The minimum atomic E-state index is -4.80. The molecular weight excluding hydrogens is 753 g/mol. The number of unbranched alkanes of at least 4 members (excludes halogenated alkanes) is 15. The SMILES string of the molecule is CCCCCCCCCCCCCCCCCCOC[C@@H](COP(=O)(O)OC[C@@]1(C=NC)O[C@@H](c2ccc3c(N)ncnn23)[C@H](O)[C@@H]1O)Oc1ccc(C#N)nc1. The number of nitrogens with two attached hydrogens (primary N) is 1. The number of nitriles is 1. The van der Waals surface area contributed by atoms with Crippen molar-refractivity contribution in [1.82, 2.24) is 19.6 Å². The lowest BCUT2D eigenvalue weighted by Gasteiger charge is -2.28. The van der Waals surface area contributed by atoms with Crippen LogP contribution in [0.5, 0.6) is 5.75 Å². The van der Waals surface area contributed by atoms with Crippen LogP contribution in [0.2, 0.25) is 0 Å². The van der Waals surface area contributed by atoms with Gasteiger partial charge in [-0.1, -0.05) is 103 Å². The van der Waals surface area contributed by atoms with Gasteiger partial charge < -0.3 is 35.1 Å². The topological polar surface area (TPSA) is 229 Å². The second-order valence-corrected chi connectivity index (χ2v) is 16.1. The van der Waals surface area contributed by atoms with Crippen molar-refractivity contribution < 1.29 is 42.9 Å². The van der Waals surface area contributed by atoms with E-state index >= 15 is 0 Å². The zero-order valence-corrected chi connectivity index (χ0v) is 34.4. The molecule has 16 nitrogen and oxygen atoms in total. The number of nitrogen functional groups attached to an aromatic ring is 1. The number of phosphoric acid groups is 1. The van der Waals surface area contributed by atoms with Crippen LogP contribution in [0.1, 0.15) is 127 Å². The van der Waals surface area contributed by atoms with Gasteiger partial charge in [-0.3, -0.25) is 14.0 Å². The molecule has 6 atom stereocenters. The van der Waals surface area contributed by atoms with Crippen molar-refractivity contribution in [2.75, 3.05) is 39.2 Å². The van der Waals surface area contributed by atoms with Gasteiger partial charge >= 0.3 is 7.82 Å². The molecule has 5 N–H and O–H groups in total. The molecule has 0 spiro atoms. The van der Waals surface area contributed by atoms with E-state index in [9.17, 15) is 19.7 Å². The first kappa shape index (κ1) is 46.2. The van der Waals surface area contributed by atoms with Gasteiger partial charge in [0.2, 0.25) is 0 Å². The molecule has 57 heavy (non-hydrogen) atoms. The van der Waals surface area contributed by atoms with Gasteiger partial charge in [-0.15, -0.1) is 0 Å². The van der Waals surface area contributed by atoms with Gasteiger partial charge in [0.1, 0.15) is 53.8 Å². The third kappa shape index (κ3) is 14.7. The fraction of sp³-hybridized carbons (Fsp3) is 0.675. The predicted molar refractivity (Wildman–Crippen MR) is 216 cm³/mol. The Morgan fingerprint density at radius 1 is 0.965 bits per heavy atom. The Kier molecular flexibility index (Phi) is 19.8. The smallest absolute Gasteiger partial charge is 0.472 e. The summed E-state index contributed by atoms with van der Waals surface area (Å²) >= 11 is 0. The Bertz CT molecular complexity index is 1720. The number of aliphatic imine (C=N–C) groups is 1. The van der Waals surface area contributed by atoms with E-state index < -0.39 is 51.1 Å². The average Bonchev–Trinajstić information content (AvgIpc) is 3.75. The van der Waals surface area contributed by atoms with Crippen LogP contribution >= 0.6 is 7.82 Å². The van der Waals surface area contributed by atoms with Gasteiger partial charge in [0.05, 0.1) is 31.7 Å². The summed E-state index contributed by atoms with van der Waals surface area (Å²) in [6, 6.07) is 8.26. The molecule has 0 aliphatic carbocycles. The molecule has 1 fully saturated rings. The highest BCUT2D eigenvalue weighted by atomic mass is 31.2. The lowest BCUT2D eigenvalue weighted by atomic mass is 9.96. The van der Waals surface area contributed by atoms with Crippen molar-refractivity contribution in [2.24, 2.45) is 4.99 Å². The van der Waals surface area contributed by atoms with Crippen LogP contribution < -0.4 is 10.5 Å². The maximum absolute atomic E-state index is 13.2. The minimum absolute atomic E-state index is 0.0419. The number of fused-ring (bicyclic) bond motifs is 1. The Morgan fingerprint density at radius 3 is 2.21 bits per heavy atom. The van der Waals surface area contributed by atoms with Crippen molar-refractivity contribution in [3.05, 3.63) is 48.2 Å². The first-order chi connectivity index (χ1) is 27.6. The molecular formula is C40H62N7O9P. The summed E-state index contributed by atoms with van der Waals surface area (Å²) in [4.78, 5) is 22.7. The van der Waals surface area contributed by atoms with Crippen molar-refractivity contribution >= 4 is 25.4 Å². The molecule has 3 aromatic rings. The number of pyridine rings is 1. The molecule has 4 heterocycles. The number of aromatic nitrogens is 4. The van der Waals surface area contributed by atoms with E-state index in [1.165, 1.54) is 120 Å². The maximum atomic E-state index is 13.2. The summed E-state index contributed by atoms with van der Waals surface area (Å²) in [6.07, 6.45) is 19.1. The van der Waals surface area contributed by atoms with E-state index in [0.29, 0.717) is 23.6 Å². The standard InChI is InChI=1S/C40H62N7O9P/c1-3-4-5-6-7-8-9-10-11-12-13-14-15-16-17-18-23-52-26-33(55-32-20-19-31(24-41)44-25-32)27-53-57(50,51)54-29-40(28-43-2)38(49)36(48)37(56-40)34-21-22-35-39(42)45-30-46-47(34)35/h19-22,25,28,30,33,36-38,48-49H,3-18,23,26-27,29H2,1-2H3,(H,50,51)(H2,42,45,46)/t33-,36-,37-,38-,40+/m0/s1. The van der Waals surface area contributed by atoms with Crippen molar-refractivity contribution in [2.45, 2.75) is 140 Å². The fourth-order valence-electron chi connectivity index (χ4n) is 6.93. The van der Waals surface area contributed by atoms with Crippen LogP contribution in [0.4, 0.5) is 5.82 Å². The number of phosphoric ester groups is 1. The molecule has 1 unspecified atom stereocenters. The van der Waals surface area contributed by atoms with Gasteiger partial charge in [0.15, 0.2) is 11.4 Å². The molecule has 1 aliphatic heterocycles. The normalized spacial score (nSPS) is 21.2. The van der Waals surface area contributed by atoms with E-state index in [1.807, 2.05) is 6.07 Å². The van der Waals surface area contributed by atoms with E-state index in [0.717, 1.165) is 19.3 Å². The van der Waals surface area contributed by atoms with Crippen LogP contribution in [0.3, 0.4) is 0 Å². The lowest BCUT2D eigenvalue weighted by Crippen LogP contribution is -2.48. The zero-order chi connectivity index (χ0) is 40.9. The summed E-state index contributed by atoms with van der Waals surface area (Å²) in [5, 5.41) is 35.5.